The Kier molecular flexibility index (Phi) is 4.33. The van der Waals surface area contributed by atoms with E-state index < -0.39 is 0 Å². The first-order valence-electron chi connectivity index (χ1n) is 7.36. The van der Waals surface area contributed by atoms with Crippen LogP contribution in [0, 0.1) is 18.6 Å². The summed E-state index contributed by atoms with van der Waals surface area (Å²) in [5, 5.41) is 4.40. The zero-order valence-electron chi connectivity index (χ0n) is 13.4. The van der Waals surface area contributed by atoms with Crippen LogP contribution in [0.1, 0.15) is 38.9 Å². The number of carbonyl (C=O) groups is 1. The van der Waals surface area contributed by atoms with Crippen LogP contribution in [0.2, 0.25) is 0 Å². The zero-order chi connectivity index (χ0) is 17.4. The van der Waals surface area contributed by atoms with Crippen LogP contribution in [0.3, 0.4) is 0 Å². The summed E-state index contributed by atoms with van der Waals surface area (Å²) < 4.78 is 0.231. The highest BCUT2D eigenvalue weighted by Crippen LogP contribution is 2.24. The Morgan fingerprint density at radius 1 is 1.33 bits per heavy atom. The molecule has 0 bridgehead atoms. The van der Waals surface area contributed by atoms with E-state index >= 15 is 0 Å². The van der Waals surface area contributed by atoms with Crippen LogP contribution in [-0.4, -0.2) is 20.9 Å². The fraction of sp³-hybridized carbons (Fsp3) is 0.250. The third kappa shape index (κ3) is 3.15. The second kappa shape index (κ2) is 6.29. The fourth-order valence-electron chi connectivity index (χ4n) is 2.61. The average molecular weight is 360 g/mol. The number of aromatic nitrogens is 3. The number of fused-ring (bicyclic) bond motifs is 1. The minimum absolute atomic E-state index is 0.142. The Morgan fingerprint density at radius 2 is 2.08 bits per heavy atom. The van der Waals surface area contributed by atoms with E-state index in [4.69, 9.17) is 12.2 Å². The number of hydrogen-bond acceptors (Lipinski definition) is 5. The Bertz CT molecular complexity index is 1050. The van der Waals surface area contributed by atoms with Gasteiger partial charge in [-0.2, -0.15) is 0 Å². The van der Waals surface area contributed by atoms with Crippen molar-refractivity contribution in [3.8, 4) is 0 Å². The lowest BCUT2D eigenvalue weighted by atomic mass is 10.1. The molecule has 0 aliphatic heterocycles. The molecule has 0 aliphatic rings. The molecule has 0 saturated carbocycles. The number of thiazole rings is 1. The molecule has 6 nitrogen and oxygen atoms in total. The van der Waals surface area contributed by atoms with Crippen molar-refractivity contribution in [1.29, 1.82) is 0 Å². The van der Waals surface area contributed by atoms with Crippen molar-refractivity contribution in [2.24, 2.45) is 0 Å². The summed E-state index contributed by atoms with van der Waals surface area (Å²) in [6.07, 6.45) is 0. The molecular weight excluding hydrogens is 344 g/mol. The van der Waals surface area contributed by atoms with Crippen LogP contribution in [0.5, 0.6) is 0 Å². The first kappa shape index (κ1) is 16.5. The molecule has 2 aromatic heterocycles. The number of aryl methyl sites for hydroxylation is 2. The molecule has 0 aliphatic carbocycles. The highest BCUT2D eigenvalue weighted by atomic mass is 32.1. The Hall–Kier alpha value is -2.32. The van der Waals surface area contributed by atoms with Crippen molar-refractivity contribution >= 4 is 40.4 Å². The molecule has 3 aromatic rings. The highest BCUT2D eigenvalue weighted by molar-refractivity contribution is 7.71. The molecule has 124 valence electrons. The summed E-state index contributed by atoms with van der Waals surface area (Å²) in [7, 11) is 0. The number of aromatic amines is 2. The molecule has 1 atom stereocenters. The van der Waals surface area contributed by atoms with Crippen LogP contribution in [0.25, 0.3) is 10.9 Å². The van der Waals surface area contributed by atoms with Gasteiger partial charge in [-0.05, 0) is 51.2 Å². The van der Waals surface area contributed by atoms with Crippen LogP contribution in [-0.2, 0) is 0 Å². The number of amides is 1. The van der Waals surface area contributed by atoms with Crippen LogP contribution >= 0.6 is 23.6 Å². The van der Waals surface area contributed by atoms with Gasteiger partial charge in [-0.25, -0.2) is 4.98 Å². The third-order valence-electron chi connectivity index (χ3n) is 3.68. The first-order chi connectivity index (χ1) is 11.3. The van der Waals surface area contributed by atoms with Gasteiger partial charge in [0.05, 0.1) is 27.6 Å². The summed E-state index contributed by atoms with van der Waals surface area (Å²) in [5.74, 6) is -0.213. The van der Waals surface area contributed by atoms with Crippen molar-refractivity contribution in [2.45, 2.75) is 26.8 Å². The maximum Gasteiger partial charge on any atom is 0.259 e. The van der Waals surface area contributed by atoms with Gasteiger partial charge in [-0.15, -0.1) is 11.3 Å². The van der Waals surface area contributed by atoms with E-state index in [1.54, 1.807) is 29.5 Å². The molecule has 1 aromatic carbocycles. The van der Waals surface area contributed by atoms with E-state index in [2.05, 4.69) is 20.3 Å². The maximum absolute atomic E-state index is 12.5. The molecule has 3 rings (SSSR count). The number of H-pyrrole nitrogens is 2. The number of benzene rings is 1. The van der Waals surface area contributed by atoms with Gasteiger partial charge in [-0.3, -0.25) is 14.6 Å². The monoisotopic (exact) mass is 360 g/mol. The van der Waals surface area contributed by atoms with Crippen LogP contribution in [0.15, 0.2) is 23.0 Å². The fourth-order valence-corrected chi connectivity index (χ4v) is 3.74. The average Bonchev–Trinajstić information content (AvgIpc) is 2.85. The summed E-state index contributed by atoms with van der Waals surface area (Å²) >= 11 is 6.54. The van der Waals surface area contributed by atoms with Gasteiger partial charge in [0.1, 0.15) is 0 Å². The Labute approximate surface area is 147 Å². The molecular formula is C16H16N4O2S2. The normalized spacial score (nSPS) is 12.3. The third-order valence-corrected chi connectivity index (χ3v) is 5.14. The van der Waals surface area contributed by atoms with Gasteiger partial charge in [0, 0.05) is 10.4 Å². The van der Waals surface area contributed by atoms with Crippen LogP contribution in [0.4, 0.5) is 0 Å². The molecule has 0 radical (unpaired) electrons. The van der Waals surface area contributed by atoms with Crippen molar-refractivity contribution in [2.75, 3.05) is 0 Å². The van der Waals surface area contributed by atoms with E-state index in [0.717, 1.165) is 15.6 Å². The topological polar surface area (TPSA) is 90.6 Å². The van der Waals surface area contributed by atoms with Gasteiger partial charge in [0.15, 0.2) is 4.77 Å². The Balaban J connectivity index is 1.90. The second-order valence-corrected chi connectivity index (χ2v) is 7.19. The van der Waals surface area contributed by atoms with Crippen molar-refractivity contribution in [1.82, 2.24) is 20.3 Å². The number of nitrogens with one attached hydrogen (secondary N) is 3. The van der Waals surface area contributed by atoms with E-state index in [-0.39, 0.29) is 22.3 Å². The van der Waals surface area contributed by atoms with Crippen molar-refractivity contribution in [3.63, 3.8) is 0 Å². The molecule has 0 fully saturated rings. The van der Waals surface area contributed by atoms with Crippen molar-refractivity contribution < 1.29 is 4.79 Å². The highest BCUT2D eigenvalue weighted by Gasteiger charge is 2.16. The lowest BCUT2D eigenvalue weighted by Gasteiger charge is -2.13. The van der Waals surface area contributed by atoms with Gasteiger partial charge in [-0.1, -0.05) is 0 Å². The van der Waals surface area contributed by atoms with E-state index in [0.29, 0.717) is 16.5 Å². The summed E-state index contributed by atoms with van der Waals surface area (Å²) in [5.41, 5.74) is 1.66. The molecule has 8 heteroatoms. The number of carbonyl (C=O) groups excluding carboxylic acids is 1. The second-order valence-electron chi connectivity index (χ2n) is 5.55. The smallest absolute Gasteiger partial charge is 0.259 e. The SMILES string of the molecule is Cc1nc(C)c([C@@H](C)NC(=O)c2ccc3c(=O)[nH]c(=S)[nH]c3c2)s1. The van der Waals surface area contributed by atoms with E-state index in [1.165, 1.54) is 0 Å². The predicted molar refractivity (Wildman–Crippen MR) is 97.2 cm³/mol. The van der Waals surface area contributed by atoms with Gasteiger partial charge in [0.25, 0.3) is 11.5 Å². The molecule has 0 unspecified atom stereocenters. The summed E-state index contributed by atoms with van der Waals surface area (Å²) in [6, 6.07) is 4.73. The lowest BCUT2D eigenvalue weighted by Crippen LogP contribution is -2.26. The predicted octanol–water partition coefficient (Wildman–Crippen LogP) is 3.15. The van der Waals surface area contributed by atoms with E-state index in [1.807, 2.05) is 20.8 Å². The standard InChI is InChI=1S/C16H16N4O2S2/c1-7-13(24-9(3)17-7)8(2)18-14(21)10-4-5-11-12(6-10)19-16(23)20-15(11)22/h4-6,8H,1-3H3,(H,18,21)(H2,19,20,22,23)/t8-/m1/s1. The van der Waals surface area contributed by atoms with E-state index in [9.17, 15) is 9.59 Å². The molecule has 2 heterocycles. The van der Waals surface area contributed by atoms with Gasteiger partial charge in [0.2, 0.25) is 0 Å². The first-order valence-corrected chi connectivity index (χ1v) is 8.59. The van der Waals surface area contributed by atoms with Gasteiger partial charge >= 0.3 is 0 Å². The summed E-state index contributed by atoms with van der Waals surface area (Å²) in [4.78, 5) is 35.2. The molecule has 0 spiro atoms. The zero-order valence-corrected chi connectivity index (χ0v) is 15.0. The summed E-state index contributed by atoms with van der Waals surface area (Å²) in [6.45, 7) is 5.81. The van der Waals surface area contributed by atoms with Gasteiger partial charge < -0.3 is 10.3 Å². The lowest BCUT2D eigenvalue weighted by molar-refractivity contribution is 0.0940. The number of hydrogen-bond donors (Lipinski definition) is 3. The largest absolute Gasteiger partial charge is 0.345 e. The maximum atomic E-state index is 12.5. The number of rotatable bonds is 3. The number of nitrogens with zero attached hydrogens (tertiary/aromatic N) is 1. The van der Waals surface area contributed by atoms with Crippen molar-refractivity contribution in [3.05, 3.63) is 54.5 Å². The quantitative estimate of drug-likeness (QED) is 0.626. The molecule has 1 amide bonds. The Morgan fingerprint density at radius 3 is 2.75 bits per heavy atom. The minimum Gasteiger partial charge on any atom is -0.345 e. The molecule has 24 heavy (non-hydrogen) atoms. The molecule has 0 saturated heterocycles. The minimum atomic E-state index is -0.273. The molecule has 3 N–H and O–H groups in total. The van der Waals surface area contributed by atoms with Crippen LogP contribution < -0.4 is 10.9 Å².